The van der Waals surface area contributed by atoms with E-state index in [0.29, 0.717) is 19.3 Å². The second-order valence-corrected chi connectivity index (χ2v) is 6.72. The number of carboxylic acids is 1. The van der Waals surface area contributed by atoms with Crippen LogP contribution in [0, 0.1) is 0 Å². The average molecular weight is 382 g/mol. The van der Waals surface area contributed by atoms with E-state index in [2.05, 4.69) is 10.6 Å². The van der Waals surface area contributed by atoms with Gasteiger partial charge in [-0.15, -0.1) is 0 Å². The van der Waals surface area contributed by atoms with E-state index in [1.54, 1.807) is 0 Å². The Labute approximate surface area is 165 Å². The van der Waals surface area contributed by atoms with Gasteiger partial charge in [-0.2, -0.15) is 0 Å². The SMILES string of the molecule is CC(=O)N[C@@H](Cc1ccccc1)C(=O)N[C@@H](CCCc1ccccc1)C(=O)O. The van der Waals surface area contributed by atoms with E-state index < -0.39 is 24.0 Å². The van der Waals surface area contributed by atoms with Crippen LogP contribution in [-0.2, 0) is 27.2 Å². The van der Waals surface area contributed by atoms with Crippen molar-refractivity contribution in [2.24, 2.45) is 0 Å². The fraction of sp³-hybridized carbons (Fsp3) is 0.318. The van der Waals surface area contributed by atoms with Crippen LogP contribution < -0.4 is 10.6 Å². The number of hydrogen-bond acceptors (Lipinski definition) is 3. The second-order valence-electron chi connectivity index (χ2n) is 6.72. The molecule has 6 nitrogen and oxygen atoms in total. The number of aliphatic carboxylic acids is 1. The molecular formula is C22H26N2O4. The first kappa shape index (κ1) is 21.2. The molecule has 2 aromatic rings. The molecule has 0 saturated heterocycles. The third kappa shape index (κ3) is 7.23. The standard InChI is InChI=1S/C22H26N2O4/c1-16(25)23-20(15-18-11-6-3-7-12-18)21(26)24-19(22(27)28)14-8-13-17-9-4-2-5-10-17/h2-7,9-12,19-20H,8,13-15H2,1H3,(H,23,25)(H,24,26)(H,27,28)/t19-,20-/m0/s1. The summed E-state index contributed by atoms with van der Waals surface area (Å²) >= 11 is 0. The number of carboxylic acid groups (broad SMARTS) is 1. The van der Waals surface area contributed by atoms with Crippen molar-refractivity contribution in [3.63, 3.8) is 0 Å². The van der Waals surface area contributed by atoms with Crippen LogP contribution in [-0.4, -0.2) is 35.0 Å². The van der Waals surface area contributed by atoms with Crippen molar-refractivity contribution in [1.82, 2.24) is 10.6 Å². The average Bonchev–Trinajstić information content (AvgIpc) is 2.67. The molecular weight excluding hydrogens is 356 g/mol. The highest BCUT2D eigenvalue weighted by Gasteiger charge is 2.25. The van der Waals surface area contributed by atoms with E-state index in [4.69, 9.17) is 0 Å². The van der Waals surface area contributed by atoms with Crippen LogP contribution in [0.15, 0.2) is 60.7 Å². The first-order valence-electron chi connectivity index (χ1n) is 9.34. The molecule has 0 bridgehead atoms. The minimum atomic E-state index is -1.08. The fourth-order valence-corrected chi connectivity index (χ4v) is 2.99. The molecule has 2 atom stereocenters. The van der Waals surface area contributed by atoms with Crippen molar-refractivity contribution >= 4 is 17.8 Å². The number of carbonyl (C=O) groups is 3. The molecule has 0 radical (unpaired) electrons. The highest BCUT2D eigenvalue weighted by atomic mass is 16.4. The molecule has 6 heteroatoms. The molecule has 0 aliphatic carbocycles. The quantitative estimate of drug-likeness (QED) is 0.588. The Morgan fingerprint density at radius 3 is 1.96 bits per heavy atom. The predicted octanol–water partition coefficient (Wildman–Crippen LogP) is 2.33. The van der Waals surface area contributed by atoms with Crippen molar-refractivity contribution in [1.29, 1.82) is 0 Å². The van der Waals surface area contributed by atoms with E-state index in [1.807, 2.05) is 60.7 Å². The lowest BCUT2D eigenvalue weighted by Crippen LogP contribution is -2.52. The highest BCUT2D eigenvalue weighted by Crippen LogP contribution is 2.08. The third-order valence-electron chi connectivity index (χ3n) is 4.39. The number of amides is 2. The van der Waals surface area contributed by atoms with Crippen LogP contribution >= 0.6 is 0 Å². The van der Waals surface area contributed by atoms with Gasteiger partial charge in [0.05, 0.1) is 0 Å². The summed E-state index contributed by atoms with van der Waals surface area (Å²) in [6.07, 6.45) is 1.97. The summed E-state index contributed by atoms with van der Waals surface area (Å²) in [7, 11) is 0. The summed E-state index contributed by atoms with van der Waals surface area (Å²) < 4.78 is 0. The molecule has 28 heavy (non-hydrogen) atoms. The number of hydrogen-bond donors (Lipinski definition) is 3. The van der Waals surface area contributed by atoms with Gasteiger partial charge in [0.15, 0.2) is 0 Å². The molecule has 0 fully saturated rings. The van der Waals surface area contributed by atoms with Gasteiger partial charge in [-0.25, -0.2) is 4.79 Å². The Balaban J connectivity index is 1.96. The molecule has 3 N–H and O–H groups in total. The minimum Gasteiger partial charge on any atom is -0.480 e. The van der Waals surface area contributed by atoms with Crippen molar-refractivity contribution in [3.05, 3.63) is 71.8 Å². The van der Waals surface area contributed by atoms with Crippen LogP contribution in [0.25, 0.3) is 0 Å². The van der Waals surface area contributed by atoms with Crippen molar-refractivity contribution in [3.8, 4) is 0 Å². The number of aryl methyl sites for hydroxylation is 1. The van der Waals surface area contributed by atoms with E-state index in [-0.39, 0.29) is 5.91 Å². The maximum absolute atomic E-state index is 12.6. The van der Waals surface area contributed by atoms with Gasteiger partial charge in [0.1, 0.15) is 12.1 Å². The second kappa shape index (κ2) is 10.9. The van der Waals surface area contributed by atoms with Gasteiger partial charge in [-0.1, -0.05) is 60.7 Å². The summed E-state index contributed by atoms with van der Waals surface area (Å²) in [6.45, 7) is 1.33. The Bertz CT molecular complexity index is 778. The Morgan fingerprint density at radius 1 is 0.857 bits per heavy atom. The van der Waals surface area contributed by atoms with E-state index >= 15 is 0 Å². The zero-order valence-electron chi connectivity index (χ0n) is 15.9. The molecule has 2 amide bonds. The molecule has 0 saturated carbocycles. The Kier molecular flexibility index (Phi) is 8.21. The van der Waals surface area contributed by atoms with Crippen molar-refractivity contribution < 1.29 is 19.5 Å². The fourth-order valence-electron chi connectivity index (χ4n) is 2.99. The van der Waals surface area contributed by atoms with Crippen molar-refractivity contribution in [2.45, 2.75) is 44.7 Å². The first-order chi connectivity index (χ1) is 13.5. The normalized spacial score (nSPS) is 12.6. The van der Waals surface area contributed by atoms with Gasteiger partial charge in [0.2, 0.25) is 11.8 Å². The molecule has 0 unspecified atom stereocenters. The summed E-state index contributed by atoms with van der Waals surface area (Å²) in [6, 6.07) is 17.2. The molecule has 0 aliphatic heterocycles. The minimum absolute atomic E-state index is 0.294. The van der Waals surface area contributed by atoms with Crippen LogP contribution in [0.2, 0.25) is 0 Å². The molecule has 0 aliphatic rings. The predicted molar refractivity (Wildman–Crippen MR) is 107 cm³/mol. The zero-order valence-corrected chi connectivity index (χ0v) is 15.9. The van der Waals surface area contributed by atoms with Gasteiger partial charge in [-0.3, -0.25) is 9.59 Å². The van der Waals surface area contributed by atoms with Gasteiger partial charge in [-0.05, 0) is 30.4 Å². The topological polar surface area (TPSA) is 95.5 Å². The summed E-state index contributed by atoms with van der Waals surface area (Å²) in [5.74, 6) is -1.92. The smallest absolute Gasteiger partial charge is 0.326 e. The van der Waals surface area contributed by atoms with Gasteiger partial charge < -0.3 is 15.7 Å². The first-order valence-corrected chi connectivity index (χ1v) is 9.34. The summed E-state index contributed by atoms with van der Waals surface area (Å²) in [4.78, 5) is 35.7. The number of rotatable bonds is 10. The van der Waals surface area contributed by atoms with Crippen LogP contribution in [0.3, 0.4) is 0 Å². The molecule has 0 aromatic heterocycles. The summed E-state index contributed by atoms with van der Waals surface area (Å²) in [5, 5.41) is 14.7. The van der Waals surface area contributed by atoms with Gasteiger partial charge >= 0.3 is 5.97 Å². The van der Waals surface area contributed by atoms with Gasteiger partial charge in [0, 0.05) is 13.3 Å². The lowest BCUT2D eigenvalue weighted by atomic mass is 10.0. The van der Waals surface area contributed by atoms with E-state index in [9.17, 15) is 19.5 Å². The summed E-state index contributed by atoms with van der Waals surface area (Å²) in [5.41, 5.74) is 2.01. The van der Waals surface area contributed by atoms with Gasteiger partial charge in [0.25, 0.3) is 0 Å². The van der Waals surface area contributed by atoms with Crippen LogP contribution in [0.1, 0.15) is 30.9 Å². The number of carbonyl (C=O) groups excluding carboxylic acids is 2. The highest BCUT2D eigenvalue weighted by molar-refractivity contribution is 5.90. The maximum Gasteiger partial charge on any atom is 0.326 e. The monoisotopic (exact) mass is 382 g/mol. The number of nitrogens with one attached hydrogen (secondary N) is 2. The zero-order chi connectivity index (χ0) is 20.4. The lowest BCUT2D eigenvalue weighted by Gasteiger charge is -2.21. The maximum atomic E-state index is 12.6. The molecule has 0 heterocycles. The van der Waals surface area contributed by atoms with E-state index in [1.165, 1.54) is 6.92 Å². The van der Waals surface area contributed by atoms with Crippen molar-refractivity contribution in [2.75, 3.05) is 0 Å². The number of benzene rings is 2. The molecule has 2 aromatic carbocycles. The van der Waals surface area contributed by atoms with Crippen LogP contribution in [0.5, 0.6) is 0 Å². The molecule has 0 spiro atoms. The van der Waals surface area contributed by atoms with E-state index in [0.717, 1.165) is 17.5 Å². The third-order valence-corrected chi connectivity index (χ3v) is 4.39. The molecule has 2 rings (SSSR count). The Morgan fingerprint density at radius 2 is 1.43 bits per heavy atom. The largest absolute Gasteiger partial charge is 0.480 e. The van der Waals surface area contributed by atoms with Crippen LogP contribution in [0.4, 0.5) is 0 Å². The molecule has 148 valence electrons. The lowest BCUT2D eigenvalue weighted by molar-refractivity contribution is -0.142. The Hall–Kier alpha value is -3.15.